The molecule has 0 saturated carbocycles. The summed E-state index contributed by atoms with van der Waals surface area (Å²) in [5.74, 6) is 0. The van der Waals surface area contributed by atoms with E-state index in [1.807, 2.05) is 24.3 Å². The number of nitrogens with zero attached hydrogens (tertiary/aromatic N) is 2. The zero-order valence-electron chi connectivity index (χ0n) is 12.2. The van der Waals surface area contributed by atoms with E-state index in [0.29, 0.717) is 6.04 Å². The Hall–Kier alpha value is -0.940. The molecule has 1 aliphatic heterocycles. The van der Waals surface area contributed by atoms with Crippen molar-refractivity contribution in [2.24, 2.45) is 0 Å². The first-order valence-corrected chi connectivity index (χ1v) is 8.60. The van der Waals surface area contributed by atoms with Gasteiger partial charge in [0.2, 0.25) is 0 Å². The Labute approximate surface area is 135 Å². The fraction of sp³-hybridized carbons (Fsp3) is 0.438. The Balaban J connectivity index is 1.69. The van der Waals surface area contributed by atoms with E-state index in [9.17, 15) is 0 Å². The number of benzene rings is 1. The van der Waals surface area contributed by atoms with Crippen LogP contribution in [0.25, 0.3) is 10.6 Å². The van der Waals surface area contributed by atoms with Gasteiger partial charge in [0.1, 0.15) is 5.01 Å². The van der Waals surface area contributed by atoms with E-state index < -0.39 is 0 Å². The first-order chi connectivity index (χ1) is 10.2. The lowest BCUT2D eigenvalue weighted by molar-refractivity contribution is 0.190. The van der Waals surface area contributed by atoms with E-state index in [-0.39, 0.29) is 0 Å². The maximum atomic E-state index is 6.24. The van der Waals surface area contributed by atoms with Gasteiger partial charge in [-0.2, -0.15) is 0 Å². The third kappa shape index (κ3) is 3.64. The van der Waals surface area contributed by atoms with E-state index in [2.05, 4.69) is 22.6 Å². The molecule has 21 heavy (non-hydrogen) atoms. The average Bonchev–Trinajstić information content (AvgIpc) is 2.97. The summed E-state index contributed by atoms with van der Waals surface area (Å²) >= 11 is 7.92. The van der Waals surface area contributed by atoms with Crippen LogP contribution in [0, 0.1) is 0 Å². The average molecular weight is 322 g/mol. The molecule has 0 aliphatic carbocycles. The smallest absolute Gasteiger partial charge is 0.125 e. The zero-order valence-corrected chi connectivity index (χ0v) is 13.8. The quantitative estimate of drug-likeness (QED) is 0.931. The molecule has 1 aromatic carbocycles. The molecule has 112 valence electrons. The van der Waals surface area contributed by atoms with Crippen molar-refractivity contribution < 1.29 is 0 Å². The number of aromatic nitrogens is 1. The van der Waals surface area contributed by atoms with Gasteiger partial charge in [0.15, 0.2) is 0 Å². The molecule has 0 unspecified atom stereocenters. The molecule has 0 radical (unpaired) electrons. The third-order valence-electron chi connectivity index (χ3n) is 4.00. The Morgan fingerprint density at radius 1 is 1.33 bits per heavy atom. The summed E-state index contributed by atoms with van der Waals surface area (Å²) in [4.78, 5) is 7.18. The molecule has 2 aromatic rings. The van der Waals surface area contributed by atoms with Crippen LogP contribution in [-0.4, -0.2) is 36.1 Å². The van der Waals surface area contributed by atoms with Crippen molar-refractivity contribution >= 4 is 22.9 Å². The molecule has 3 nitrogen and oxygen atoms in total. The number of thiazole rings is 1. The molecule has 0 amide bonds. The first kappa shape index (κ1) is 15.0. The molecule has 1 N–H and O–H groups in total. The van der Waals surface area contributed by atoms with Crippen molar-refractivity contribution in [1.82, 2.24) is 15.2 Å². The summed E-state index contributed by atoms with van der Waals surface area (Å²) in [6.45, 7) is 3.15. The molecule has 1 aromatic heterocycles. The van der Waals surface area contributed by atoms with Crippen molar-refractivity contribution in [2.45, 2.75) is 25.4 Å². The SMILES string of the molecule is CN(Cc1csc(-c2ccccc2Cl)n1)C1CCNCC1. The van der Waals surface area contributed by atoms with Crippen LogP contribution in [0.15, 0.2) is 29.6 Å². The van der Waals surface area contributed by atoms with Gasteiger partial charge >= 0.3 is 0 Å². The van der Waals surface area contributed by atoms with E-state index in [0.717, 1.165) is 40.9 Å². The summed E-state index contributed by atoms with van der Waals surface area (Å²) < 4.78 is 0. The number of nitrogens with one attached hydrogen (secondary N) is 1. The van der Waals surface area contributed by atoms with Crippen molar-refractivity contribution in [3.05, 3.63) is 40.4 Å². The highest BCUT2D eigenvalue weighted by Crippen LogP contribution is 2.30. The second kappa shape index (κ2) is 6.88. The lowest BCUT2D eigenvalue weighted by Crippen LogP contribution is -2.40. The molecule has 5 heteroatoms. The summed E-state index contributed by atoms with van der Waals surface area (Å²) in [6, 6.07) is 8.56. The fourth-order valence-corrected chi connectivity index (χ4v) is 3.90. The van der Waals surface area contributed by atoms with E-state index in [1.54, 1.807) is 11.3 Å². The summed E-state index contributed by atoms with van der Waals surface area (Å²) in [6.07, 6.45) is 2.44. The first-order valence-electron chi connectivity index (χ1n) is 7.34. The normalized spacial score (nSPS) is 16.5. The molecule has 2 heterocycles. The number of piperidine rings is 1. The largest absolute Gasteiger partial charge is 0.317 e. The van der Waals surface area contributed by atoms with Gasteiger partial charge in [-0.3, -0.25) is 4.90 Å². The Kier molecular flexibility index (Phi) is 4.91. The molecule has 1 fully saturated rings. The Morgan fingerprint density at radius 2 is 2.10 bits per heavy atom. The molecular weight excluding hydrogens is 302 g/mol. The van der Waals surface area contributed by atoms with Gasteiger partial charge in [-0.15, -0.1) is 11.3 Å². The monoisotopic (exact) mass is 321 g/mol. The predicted octanol–water partition coefficient (Wildman–Crippen LogP) is 3.65. The van der Waals surface area contributed by atoms with E-state index in [1.165, 1.54) is 12.8 Å². The highest BCUT2D eigenvalue weighted by Gasteiger charge is 2.18. The van der Waals surface area contributed by atoms with Crippen molar-refractivity contribution in [3.8, 4) is 10.6 Å². The lowest BCUT2D eigenvalue weighted by Gasteiger charge is -2.31. The lowest BCUT2D eigenvalue weighted by atomic mass is 10.1. The van der Waals surface area contributed by atoms with Crippen molar-refractivity contribution in [2.75, 3.05) is 20.1 Å². The third-order valence-corrected chi connectivity index (χ3v) is 5.25. The molecule has 1 aliphatic rings. The van der Waals surface area contributed by atoms with Crippen LogP contribution >= 0.6 is 22.9 Å². The fourth-order valence-electron chi connectivity index (χ4n) is 2.77. The molecule has 0 spiro atoms. The maximum Gasteiger partial charge on any atom is 0.125 e. The van der Waals surface area contributed by atoms with Crippen LogP contribution in [0.2, 0.25) is 5.02 Å². The number of hydrogen-bond acceptors (Lipinski definition) is 4. The minimum atomic E-state index is 0.664. The zero-order chi connectivity index (χ0) is 14.7. The minimum Gasteiger partial charge on any atom is -0.317 e. The standard InChI is InChI=1S/C16H20ClN3S/c1-20(13-6-8-18-9-7-13)10-12-11-21-16(19-12)14-4-2-3-5-15(14)17/h2-5,11,13,18H,6-10H2,1H3. The van der Waals surface area contributed by atoms with Crippen LogP contribution in [0.5, 0.6) is 0 Å². The summed E-state index contributed by atoms with van der Waals surface area (Å²) in [5, 5.41) is 7.34. The van der Waals surface area contributed by atoms with Gasteiger partial charge in [-0.1, -0.05) is 29.8 Å². The van der Waals surface area contributed by atoms with Gasteiger partial charge in [-0.05, 0) is 39.0 Å². The Morgan fingerprint density at radius 3 is 2.86 bits per heavy atom. The summed E-state index contributed by atoms with van der Waals surface area (Å²) in [7, 11) is 2.20. The van der Waals surface area contributed by atoms with E-state index in [4.69, 9.17) is 16.6 Å². The van der Waals surface area contributed by atoms with Gasteiger partial charge in [0.25, 0.3) is 0 Å². The molecule has 0 atom stereocenters. The second-order valence-electron chi connectivity index (χ2n) is 5.52. The van der Waals surface area contributed by atoms with Crippen LogP contribution in [0.3, 0.4) is 0 Å². The highest BCUT2D eigenvalue weighted by molar-refractivity contribution is 7.13. The maximum absolute atomic E-state index is 6.24. The van der Waals surface area contributed by atoms with Gasteiger partial charge in [0.05, 0.1) is 10.7 Å². The molecular formula is C16H20ClN3S. The van der Waals surface area contributed by atoms with Crippen LogP contribution in [0.1, 0.15) is 18.5 Å². The van der Waals surface area contributed by atoms with Crippen molar-refractivity contribution in [1.29, 1.82) is 0 Å². The minimum absolute atomic E-state index is 0.664. The van der Waals surface area contributed by atoms with Crippen molar-refractivity contribution in [3.63, 3.8) is 0 Å². The van der Waals surface area contributed by atoms with Gasteiger partial charge in [-0.25, -0.2) is 4.98 Å². The number of rotatable bonds is 4. The molecule has 1 saturated heterocycles. The summed E-state index contributed by atoms with van der Waals surface area (Å²) in [5.41, 5.74) is 2.16. The second-order valence-corrected chi connectivity index (χ2v) is 6.79. The number of halogens is 1. The highest BCUT2D eigenvalue weighted by atomic mass is 35.5. The van der Waals surface area contributed by atoms with Crippen LogP contribution in [-0.2, 0) is 6.54 Å². The van der Waals surface area contributed by atoms with Gasteiger partial charge in [0, 0.05) is 23.5 Å². The van der Waals surface area contributed by atoms with Crippen LogP contribution < -0.4 is 5.32 Å². The van der Waals surface area contributed by atoms with Crippen LogP contribution in [0.4, 0.5) is 0 Å². The predicted molar refractivity (Wildman–Crippen MR) is 89.9 cm³/mol. The van der Waals surface area contributed by atoms with Gasteiger partial charge < -0.3 is 5.32 Å². The topological polar surface area (TPSA) is 28.2 Å². The van der Waals surface area contributed by atoms with E-state index >= 15 is 0 Å². The Bertz CT molecular complexity index is 593. The molecule has 3 rings (SSSR count). The molecule has 0 bridgehead atoms. The number of hydrogen-bond donors (Lipinski definition) is 1.